The van der Waals surface area contributed by atoms with Crippen LogP contribution in [0.4, 0.5) is 0 Å². The minimum Gasteiger partial charge on any atom is -0.508 e. The van der Waals surface area contributed by atoms with Gasteiger partial charge in [-0.3, -0.25) is 4.79 Å². The first-order valence-corrected chi connectivity index (χ1v) is 6.23. The molecule has 5 N–H and O–H groups in total. The van der Waals surface area contributed by atoms with Gasteiger partial charge in [0.05, 0.1) is 6.61 Å². The van der Waals surface area contributed by atoms with Crippen LogP contribution in [-0.4, -0.2) is 26.3 Å². The largest absolute Gasteiger partial charge is 0.508 e. The molecule has 0 radical (unpaired) electrons. The number of carbonyl (C=O) groups excluding carboxylic acids is 1. The Morgan fingerprint density at radius 1 is 1.00 bits per heavy atom. The number of phenols is 3. The van der Waals surface area contributed by atoms with E-state index in [2.05, 4.69) is 5.32 Å². The molecule has 6 heteroatoms. The molecule has 0 atom stereocenters. The Balaban J connectivity index is 2.10. The van der Waals surface area contributed by atoms with Gasteiger partial charge in [-0.25, -0.2) is 0 Å². The van der Waals surface area contributed by atoms with Gasteiger partial charge in [0.25, 0.3) is 5.91 Å². The van der Waals surface area contributed by atoms with E-state index < -0.39 is 5.91 Å². The zero-order valence-corrected chi connectivity index (χ0v) is 11.1. The lowest BCUT2D eigenvalue weighted by Crippen LogP contribution is -2.22. The molecular formula is C15H15NO5. The van der Waals surface area contributed by atoms with Gasteiger partial charge in [-0.15, -0.1) is 0 Å². The maximum Gasteiger partial charge on any atom is 0.251 e. The third kappa shape index (κ3) is 3.24. The second-order valence-corrected chi connectivity index (χ2v) is 4.47. The molecular weight excluding hydrogens is 274 g/mol. The lowest BCUT2D eigenvalue weighted by molar-refractivity contribution is 0.0950. The number of carbonyl (C=O) groups is 1. The van der Waals surface area contributed by atoms with Crippen LogP contribution in [0.3, 0.4) is 0 Å². The number of para-hydroxylation sites is 1. The Morgan fingerprint density at radius 2 is 1.76 bits per heavy atom. The summed E-state index contributed by atoms with van der Waals surface area (Å²) in [6.07, 6.45) is 0. The van der Waals surface area contributed by atoms with Gasteiger partial charge in [-0.05, 0) is 24.3 Å². The monoisotopic (exact) mass is 289 g/mol. The van der Waals surface area contributed by atoms with Crippen molar-refractivity contribution in [2.75, 3.05) is 0 Å². The van der Waals surface area contributed by atoms with Crippen LogP contribution in [0.2, 0.25) is 0 Å². The molecule has 0 aliphatic heterocycles. The van der Waals surface area contributed by atoms with Gasteiger partial charge in [0.15, 0.2) is 11.5 Å². The molecule has 2 rings (SSSR count). The molecule has 6 nitrogen and oxygen atoms in total. The Morgan fingerprint density at radius 3 is 2.48 bits per heavy atom. The highest BCUT2D eigenvalue weighted by atomic mass is 16.3. The Labute approximate surface area is 120 Å². The zero-order valence-electron chi connectivity index (χ0n) is 11.1. The summed E-state index contributed by atoms with van der Waals surface area (Å²) in [5, 5.41) is 40.1. The molecule has 1 amide bonds. The number of aliphatic hydroxyl groups is 1. The van der Waals surface area contributed by atoms with Gasteiger partial charge in [0.2, 0.25) is 0 Å². The van der Waals surface area contributed by atoms with Crippen molar-refractivity contribution >= 4 is 5.91 Å². The molecule has 0 aliphatic rings. The van der Waals surface area contributed by atoms with E-state index in [4.69, 9.17) is 5.11 Å². The second kappa shape index (κ2) is 6.15. The SMILES string of the molecule is O=C(NCc1cccc(O)c1O)c1ccc(O)c(CO)c1. The van der Waals surface area contributed by atoms with Gasteiger partial charge in [-0.2, -0.15) is 0 Å². The standard InChI is InChI=1S/C15H15NO5/c17-8-11-6-9(4-5-12(11)18)15(21)16-7-10-2-1-3-13(19)14(10)20/h1-6,17-20H,7-8H2,(H,16,21). The quantitative estimate of drug-likeness (QED) is 0.544. The van der Waals surface area contributed by atoms with Crippen molar-refractivity contribution in [1.29, 1.82) is 0 Å². The molecule has 0 spiro atoms. The number of aliphatic hydroxyl groups excluding tert-OH is 1. The fraction of sp³-hybridized carbons (Fsp3) is 0.133. The number of rotatable bonds is 4. The molecule has 0 aromatic heterocycles. The third-order valence-corrected chi connectivity index (χ3v) is 3.05. The van der Waals surface area contributed by atoms with Gasteiger partial charge in [0.1, 0.15) is 5.75 Å². The molecule has 0 bridgehead atoms. The highest BCUT2D eigenvalue weighted by Gasteiger charge is 2.11. The fourth-order valence-electron chi connectivity index (χ4n) is 1.85. The molecule has 0 aliphatic carbocycles. The van der Waals surface area contributed by atoms with Crippen LogP contribution < -0.4 is 5.32 Å². The van der Waals surface area contributed by atoms with Gasteiger partial charge in [-0.1, -0.05) is 12.1 Å². The summed E-state index contributed by atoms with van der Waals surface area (Å²) in [6.45, 7) is -0.339. The van der Waals surface area contributed by atoms with Crippen LogP contribution in [0.5, 0.6) is 17.2 Å². The summed E-state index contributed by atoms with van der Waals surface area (Å²) in [5.74, 6) is -1.04. The molecule has 110 valence electrons. The summed E-state index contributed by atoms with van der Waals surface area (Å²) < 4.78 is 0. The van der Waals surface area contributed by atoms with Crippen LogP contribution in [0, 0.1) is 0 Å². The molecule has 0 fully saturated rings. The lowest BCUT2D eigenvalue weighted by atomic mass is 10.1. The van der Waals surface area contributed by atoms with E-state index in [1.165, 1.54) is 24.3 Å². The van der Waals surface area contributed by atoms with Crippen molar-refractivity contribution in [2.45, 2.75) is 13.2 Å². The average molecular weight is 289 g/mol. The van der Waals surface area contributed by atoms with Gasteiger partial charge in [0, 0.05) is 23.2 Å². The minimum absolute atomic E-state index is 0.0361. The Kier molecular flexibility index (Phi) is 4.30. The normalized spacial score (nSPS) is 10.3. The van der Waals surface area contributed by atoms with Crippen LogP contribution >= 0.6 is 0 Å². The summed E-state index contributed by atoms with van der Waals surface area (Å²) >= 11 is 0. The molecule has 2 aromatic carbocycles. The molecule has 2 aromatic rings. The van der Waals surface area contributed by atoms with Crippen molar-refractivity contribution in [3.63, 3.8) is 0 Å². The van der Waals surface area contributed by atoms with E-state index >= 15 is 0 Å². The van der Waals surface area contributed by atoms with Crippen molar-refractivity contribution in [1.82, 2.24) is 5.32 Å². The number of benzene rings is 2. The summed E-state index contributed by atoms with van der Waals surface area (Å²) in [4.78, 5) is 12.0. The Bertz CT molecular complexity index is 669. The first-order valence-electron chi connectivity index (χ1n) is 6.23. The number of nitrogens with one attached hydrogen (secondary N) is 1. The number of hydrogen-bond donors (Lipinski definition) is 5. The van der Waals surface area contributed by atoms with Gasteiger partial charge >= 0.3 is 0 Å². The smallest absolute Gasteiger partial charge is 0.251 e. The zero-order chi connectivity index (χ0) is 15.4. The highest BCUT2D eigenvalue weighted by Crippen LogP contribution is 2.28. The predicted octanol–water partition coefficient (Wildman–Crippen LogP) is 1.23. The highest BCUT2D eigenvalue weighted by molar-refractivity contribution is 5.94. The van der Waals surface area contributed by atoms with E-state index in [0.717, 1.165) is 0 Å². The van der Waals surface area contributed by atoms with Crippen molar-refractivity contribution in [3.05, 3.63) is 53.1 Å². The number of hydrogen-bond acceptors (Lipinski definition) is 5. The van der Waals surface area contributed by atoms with E-state index in [0.29, 0.717) is 5.56 Å². The van der Waals surface area contributed by atoms with Gasteiger partial charge < -0.3 is 25.7 Å². The van der Waals surface area contributed by atoms with E-state index in [1.807, 2.05) is 0 Å². The topological polar surface area (TPSA) is 110 Å². The Hall–Kier alpha value is -2.73. The van der Waals surface area contributed by atoms with Crippen LogP contribution in [0.1, 0.15) is 21.5 Å². The molecule has 0 saturated carbocycles. The number of phenolic OH excluding ortho intramolecular Hbond substituents is 2. The summed E-state index contributed by atoms with van der Waals surface area (Å²) in [7, 11) is 0. The molecule has 0 unspecified atom stereocenters. The minimum atomic E-state index is -0.424. The van der Waals surface area contributed by atoms with Crippen molar-refractivity contribution < 1.29 is 25.2 Å². The maximum atomic E-state index is 12.0. The number of aromatic hydroxyl groups is 3. The first kappa shape index (κ1) is 14.7. The fourth-order valence-corrected chi connectivity index (χ4v) is 1.85. The van der Waals surface area contributed by atoms with Crippen LogP contribution in [0.25, 0.3) is 0 Å². The summed E-state index contributed by atoms with van der Waals surface area (Å²) in [5.41, 5.74) is 0.906. The molecule has 0 heterocycles. The van der Waals surface area contributed by atoms with Crippen molar-refractivity contribution in [2.24, 2.45) is 0 Å². The predicted molar refractivity (Wildman–Crippen MR) is 75.0 cm³/mol. The van der Waals surface area contributed by atoms with E-state index in [-0.39, 0.29) is 41.5 Å². The molecule has 0 saturated heterocycles. The van der Waals surface area contributed by atoms with E-state index in [1.54, 1.807) is 12.1 Å². The number of amides is 1. The van der Waals surface area contributed by atoms with Crippen LogP contribution in [-0.2, 0) is 13.2 Å². The lowest BCUT2D eigenvalue weighted by Gasteiger charge is -2.09. The molecule has 21 heavy (non-hydrogen) atoms. The second-order valence-electron chi connectivity index (χ2n) is 4.47. The maximum absolute atomic E-state index is 12.0. The summed E-state index contributed by atoms with van der Waals surface area (Å²) in [6, 6.07) is 8.60. The van der Waals surface area contributed by atoms with E-state index in [9.17, 15) is 20.1 Å². The average Bonchev–Trinajstić information content (AvgIpc) is 2.49. The third-order valence-electron chi connectivity index (χ3n) is 3.05. The van der Waals surface area contributed by atoms with Crippen molar-refractivity contribution in [3.8, 4) is 17.2 Å². The first-order chi connectivity index (χ1) is 10.0. The van der Waals surface area contributed by atoms with Crippen LogP contribution in [0.15, 0.2) is 36.4 Å².